The predicted molar refractivity (Wildman–Crippen MR) is 179 cm³/mol. The number of aromatic nitrogens is 1. The summed E-state index contributed by atoms with van der Waals surface area (Å²) >= 11 is 1.58. The lowest BCUT2D eigenvalue weighted by Crippen LogP contribution is -2.57. The standard InChI is InChI=1S/C34H51N5O6S/c1-22-28(46-21-37-22)24-15-13-23(14-16-24)19-36-30(42)26-18-25(40)20-39(26)31(43)29(33(2,3)4)38-27(41)12-10-8-9-11-17-35-32(44)45-34(5,6)7/h13-16,21,25-26,29,40H,8-12,17-20H2,1-7H3,(H,35,44)(H,36,42)(H,38,41)/t25-,26+,29-/m1/s1. The molecule has 1 aromatic heterocycles. The Hall–Kier alpha value is -3.51. The number of nitrogens with one attached hydrogen (secondary N) is 3. The predicted octanol–water partition coefficient (Wildman–Crippen LogP) is 4.70. The summed E-state index contributed by atoms with van der Waals surface area (Å²) in [7, 11) is 0. The molecule has 46 heavy (non-hydrogen) atoms. The van der Waals surface area contributed by atoms with Crippen molar-refractivity contribution in [3.63, 3.8) is 0 Å². The van der Waals surface area contributed by atoms with Crippen LogP contribution >= 0.6 is 11.3 Å². The van der Waals surface area contributed by atoms with Crippen LogP contribution in [0.15, 0.2) is 29.8 Å². The molecule has 11 nitrogen and oxygen atoms in total. The minimum absolute atomic E-state index is 0.0274. The van der Waals surface area contributed by atoms with Gasteiger partial charge in [0.2, 0.25) is 17.7 Å². The van der Waals surface area contributed by atoms with E-state index in [1.807, 2.05) is 78.2 Å². The lowest BCUT2D eigenvalue weighted by molar-refractivity contribution is -0.144. The number of thiazole rings is 1. The number of carbonyl (C=O) groups excluding carboxylic acids is 4. The second-order valence-electron chi connectivity index (χ2n) is 14.0. The number of rotatable bonds is 13. The van der Waals surface area contributed by atoms with Crippen molar-refractivity contribution in [1.82, 2.24) is 25.8 Å². The van der Waals surface area contributed by atoms with E-state index in [1.165, 1.54) is 4.90 Å². The quantitative estimate of drug-likeness (QED) is 0.228. The summed E-state index contributed by atoms with van der Waals surface area (Å²) in [5.74, 6) is -0.958. The third-order valence-corrected chi connectivity index (χ3v) is 8.69. The topological polar surface area (TPSA) is 150 Å². The average Bonchev–Trinajstić information content (AvgIpc) is 3.57. The van der Waals surface area contributed by atoms with Gasteiger partial charge < -0.3 is 30.7 Å². The van der Waals surface area contributed by atoms with Crippen molar-refractivity contribution in [1.29, 1.82) is 0 Å². The van der Waals surface area contributed by atoms with Gasteiger partial charge in [0.05, 0.1) is 22.2 Å². The van der Waals surface area contributed by atoms with Gasteiger partial charge in [-0.3, -0.25) is 14.4 Å². The highest BCUT2D eigenvalue weighted by Crippen LogP contribution is 2.28. The van der Waals surface area contributed by atoms with Crippen molar-refractivity contribution in [3.05, 3.63) is 41.0 Å². The molecule has 4 amide bonds. The molecule has 4 N–H and O–H groups in total. The minimum atomic E-state index is -0.860. The Labute approximate surface area is 276 Å². The number of amides is 4. The maximum absolute atomic E-state index is 13.8. The van der Waals surface area contributed by atoms with Crippen molar-refractivity contribution in [2.45, 2.75) is 117 Å². The summed E-state index contributed by atoms with van der Waals surface area (Å²) in [6.07, 6.45) is 2.16. The van der Waals surface area contributed by atoms with E-state index in [9.17, 15) is 24.3 Å². The highest BCUT2D eigenvalue weighted by Gasteiger charge is 2.44. The molecule has 3 rings (SSSR count). The molecule has 1 aliphatic rings. The van der Waals surface area contributed by atoms with Crippen LogP contribution in [-0.2, 0) is 25.7 Å². The van der Waals surface area contributed by atoms with Gasteiger partial charge in [-0.25, -0.2) is 9.78 Å². The monoisotopic (exact) mass is 657 g/mol. The van der Waals surface area contributed by atoms with Crippen LogP contribution < -0.4 is 16.0 Å². The van der Waals surface area contributed by atoms with E-state index < -0.39 is 35.3 Å². The molecule has 2 heterocycles. The van der Waals surface area contributed by atoms with Gasteiger partial charge in [0.25, 0.3) is 0 Å². The van der Waals surface area contributed by atoms with Gasteiger partial charge in [-0.05, 0) is 57.1 Å². The number of aliphatic hydroxyl groups excluding tert-OH is 1. The van der Waals surface area contributed by atoms with Gasteiger partial charge in [-0.2, -0.15) is 0 Å². The largest absolute Gasteiger partial charge is 0.444 e. The highest BCUT2D eigenvalue weighted by atomic mass is 32.1. The molecule has 1 aromatic carbocycles. The summed E-state index contributed by atoms with van der Waals surface area (Å²) in [4.78, 5) is 58.5. The molecule has 0 unspecified atom stereocenters. The molecule has 0 spiro atoms. The summed E-state index contributed by atoms with van der Waals surface area (Å²) < 4.78 is 5.22. The van der Waals surface area contributed by atoms with E-state index >= 15 is 0 Å². The molecule has 1 saturated heterocycles. The third-order valence-electron chi connectivity index (χ3n) is 7.71. The highest BCUT2D eigenvalue weighted by molar-refractivity contribution is 7.13. The number of hydrogen-bond donors (Lipinski definition) is 4. The molecule has 0 bridgehead atoms. The maximum Gasteiger partial charge on any atom is 0.407 e. The van der Waals surface area contributed by atoms with Crippen molar-refractivity contribution in [3.8, 4) is 10.4 Å². The van der Waals surface area contributed by atoms with E-state index in [-0.39, 0.29) is 43.7 Å². The fourth-order valence-electron chi connectivity index (χ4n) is 5.28. The van der Waals surface area contributed by atoms with Crippen molar-refractivity contribution < 1.29 is 29.0 Å². The maximum atomic E-state index is 13.8. The first kappa shape index (κ1) is 37.0. The first-order valence-electron chi connectivity index (χ1n) is 16.1. The Bertz CT molecular complexity index is 1330. The molecule has 254 valence electrons. The van der Waals surface area contributed by atoms with Crippen molar-refractivity contribution >= 4 is 35.2 Å². The SMILES string of the molecule is Cc1ncsc1-c1ccc(CNC(=O)[C@@H]2C[C@@H](O)CN2C(=O)[C@@H](NC(=O)CCCCCCNC(=O)OC(C)(C)C)C(C)(C)C)cc1. The fraction of sp³-hybridized carbons (Fsp3) is 0.618. The number of nitrogens with zero attached hydrogens (tertiary/aromatic N) is 2. The lowest BCUT2D eigenvalue weighted by Gasteiger charge is -2.35. The summed E-state index contributed by atoms with van der Waals surface area (Å²) in [6, 6.07) is 6.20. The number of ether oxygens (including phenoxy) is 1. The Kier molecular flexibility index (Phi) is 13.1. The van der Waals surface area contributed by atoms with Gasteiger partial charge in [0.15, 0.2) is 0 Å². The Morgan fingerprint density at radius 1 is 1.02 bits per heavy atom. The Balaban J connectivity index is 1.49. The number of benzene rings is 1. The first-order chi connectivity index (χ1) is 21.5. The number of likely N-dealkylation sites (tertiary alicyclic amines) is 1. The molecule has 1 fully saturated rings. The zero-order valence-electron chi connectivity index (χ0n) is 28.3. The van der Waals surface area contributed by atoms with Gasteiger partial charge in [0, 0.05) is 32.5 Å². The molecule has 12 heteroatoms. The van der Waals surface area contributed by atoms with Crippen LogP contribution in [0.5, 0.6) is 0 Å². The van der Waals surface area contributed by atoms with Crippen LogP contribution in [0, 0.1) is 12.3 Å². The Morgan fingerprint density at radius 3 is 2.30 bits per heavy atom. The number of alkyl carbamates (subject to hydrolysis) is 1. The van der Waals surface area contributed by atoms with Gasteiger partial charge in [0.1, 0.15) is 17.7 Å². The molecule has 1 aliphatic heterocycles. The van der Waals surface area contributed by atoms with Crippen LogP contribution in [0.4, 0.5) is 4.79 Å². The van der Waals surface area contributed by atoms with Crippen LogP contribution in [-0.4, -0.2) is 75.7 Å². The van der Waals surface area contributed by atoms with Crippen molar-refractivity contribution in [2.24, 2.45) is 5.41 Å². The van der Waals surface area contributed by atoms with Crippen LogP contribution in [0.1, 0.15) is 91.3 Å². The fourth-order valence-corrected chi connectivity index (χ4v) is 6.09. The molecule has 0 radical (unpaired) electrons. The van der Waals surface area contributed by atoms with E-state index in [2.05, 4.69) is 20.9 Å². The second-order valence-corrected chi connectivity index (χ2v) is 14.9. The third kappa shape index (κ3) is 11.4. The van der Waals surface area contributed by atoms with E-state index in [0.717, 1.165) is 41.0 Å². The minimum Gasteiger partial charge on any atom is -0.444 e. The first-order valence-corrected chi connectivity index (χ1v) is 16.9. The number of β-amino-alcohol motifs (C(OH)–C–C–N with tert-alkyl or cyclic N) is 1. The summed E-state index contributed by atoms with van der Waals surface area (Å²) in [5, 5.41) is 19.0. The van der Waals surface area contributed by atoms with E-state index in [1.54, 1.807) is 11.3 Å². The second kappa shape index (κ2) is 16.4. The normalized spacial score (nSPS) is 17.3. The molecule has 2 aromatic rings. The number of aliphatic hydroxyl groups is 1. The van der Waals surface area contributed by atoms with E-state index in [4.69, 9.17) is 4.74 Å². The average molecular weight is 658 g/mol. The Morgan fingerprint density at radius 2 is 1.70 bits per heavy atom. The zero-order valence-corrected chi connectivity index (χ0v) is 29.1. The van der Waals surface area contributed by atoms with Gasteiger partial charge >= 0.3 is 6.09 Å². The van der Waals surface area contributed by atoms with Crippen molar-refractivity contribution in [2.75, 3.05) is 13.1 Å². The van der Waals surface area contributed by atoms with Crippen LogP contribution in [0.2, 0.25) is 0 Å². The van der Waals surface area contributed by atoms with Gasteiger partial charge in [-0.1, -0.05) is 57.9 Å². The van der Waals surface area contributed by atoms with Gasteiger partial charge in [-0.15, -0.1) is 11.3 Å². The molecule has 0 saturated carbocycles. The number of aryl methyl sites for hydroxylation is 1. The van der Waals surface area contributed by atoms with E-state index in [0.29, 0.717) is 13.0 Å². The molecular formula is C34H51N5O6S. The summed E-state index contributed by atoms with van der Waals surface area (Å²) in [6.45, 7) is 13.8. The molecule has 3 atom stereocenters. The number of unbranched alkanes of at least 4 members (excludes halogenated alkanes) is 3. The number of hydrogen-bond acceptors (Lipinski definition) is 8. The van der Waals surface area contributed by atoms with Crippen LogP contribution in [0.3, 0.4) is 0 Å². The zero-order chi connectivity index (χ0) is 34.1. The molecule has 0 aliphatic carbocycles. The van der Waals surface area contributed by atoms with Crippen LogP contribution in [0.25, 0.3) is 10.4 Å². The smallest absolute Gasteiger partial charge is 0.407 e. The molecular weight excluding hydrogens is 606 g/mol. The number of carbonyl (C=O) groups is 4. The summed E-state index contributed by atoms with van der Waals surface area (Å²) in [5.41, 5.74) is 3.61. The lowest BCUT2D eigenvalue weighted by atomic mass is 9.85.